The van der Waals surface area contributed by atoms with E-state index in [0.29, 0.717) is 28.8 Å². The zero-order valence-corrected chi connectivity index (χ0v) is 16.6. The van der Waals surface area contributed by atoms with Gasteiger partial charge in [-0.1, -0.05) is 30.3 Å². The van der Waals surface area contributed by atoms with Crippen LogP contribution >= 0.6 is 0 Å². The van der Waals surface area contributed by atoms with Crippen LogP contribution in [0, 0.1) is 0 Å². The molecule has 0 atom stereocenters. The molecule has 33 heavy (non-hydrogen) atoms. The van der Waals surface area contributed by atoms with Crippen LogP contribution in [-0.2, 0) is 12.7 Å². The first-order valence-electron chi connectivity index (χ1n) is 9.45. The van der Waals surface area contributed by atoms with Gasteiger partial charge in [0.15, 0.2) is 12.0 Å². The van der Waals surface area contributed by atoms with Crippen molar-refractivity contribution in [1.29, 1.82) is 0 Å². The van der Waals surface area contributed by atoms with Crippen molar-refractivity contribution in [2.45, 2.75) is 12.7 Å². The van der Waals surface area contributed by atoms with Crippen LogP contribution < -0.4 is 11.4 Å². The minimum Gasteiger partial charge on any atom is -0.439 e. The molecule has 13 heteroatoms. The molecule has 0 spiro atoms. The topological polar surface area (TPSA) is 130 Å². The smallest absolute Gasteiger partial charge is 0.439 e. The highest BCUT2D eigenvalue weighted by Gasteiger charge is 2.38. The van der Waals surface area contributed by atoms with Gasteiger partial charge in [0, 0.05) is 11.1 Å². The van der Waals surface area contributed by atoms with Gasteiger partial charge in [-0.2, -0.15) is 23.4 Å². The van der Waals surface area contributed by atoms with Crippen molar-refractivity contribution in [3.63, 3.8) is 0 Å². The first-order chi connectivity index (χ1) is 15.8. The Morgan fingerprint density at radius 2 is 1.85 bits per heavy atom. The normalized spacial score (nSPS) is 11.8. The number of benzene rings is 1. The standard InChI is InChI=1S/C20H13F3N8O2/c21-20(22,23)16-13(25-10-33-16)9-30-19(32)31-17(29-30)14(12-6-7-26-27-8-12)15(28-18(31)24)11-4-2-1-3-5-11/h1-8,10H,9H2,(H2,24,28). The minimum atomic E-state index is -4.77. The number of hydrogen-bond donors (Lipinski definition) is 1. The molecular formula is C20H13F3N8O2. The fourth-order valence-corrected chi connectivity index (χ4v) is 3.47. The molecule has 5 rings (SSSR count). The predicted octanol–water partition coefficient (Wildman–Crippen LogP) is 2.65. The van der Waals surface area contributed by atoms with E-state index in [0.717, 1.165) is 9.08 Å². The largest absolute Gasteiger partial charge is 0.451 e. The number of aromatic nitrogens is 7. The maximum Gasteiger partial charge on any atom is 0.451 e. The number of rotatable bonds is 4. The van der Waals surface area contributed by atoms with Crippen LogP contribution in [-0.4, -0.2) is 34.3 Å². The number of nitrogens with zero attached hydrogens (tertiary/aromatic N) is 7. The van der Waals surface area contributed by atoms with Gasteiger partial charge in [0.1, 0.15) is 5.69 Å². The fourth-order valence-electron chi connectivity index (χ4n) is 3.47. The summed E-state index contributed by atoms with van der Waals surface area (Å²) in [7, 11) is 0. The van der Waals surface area contributed by atoms with E-state index in [1.165, 1.54) is 12.4 Å². The molecule has 0 amide bonds. The van der Waals surface area contributed by atoms with Crippen molar-refractivity contribution >= 4 is 11.6 Å². The van der Waals surface area contributed by atoms with E-state index >= 15 is 0 Å². The van der Waals surface area contributed by atoms with E-state index in [2.05, 4.69) is 29.7 Å². The van der Waals surface area contributed by atoms with Gasteiger partial charge in [-0.15, -0.1) is 5.10 Å². The summed E-state index contributed by atoms with van der Waals surface area (Å²) in [5, 5.41) is 11.9. The van der Waals surface area contributed by atoms with E-state index in [9.17, 15) is 18.0 Å². The van der Waals surface area contributed by atoms with Gasteiger partial charge in [-0.25, -0.2) is 23.8 Å². The highest BCUT2D eigenvalue weighted by atomic mass is 19.4. The molecule has 4 heterocycles. The Bertz CT molecular complexity index is 1510. The molecule has 0 aliphatic heterocycles. The summed E-state index contributed by atoms with van der Waals surface area (Å²) < 4.78 is 45.9. The Kier molecular flexibility index (Phi) is 4.65. The Balaban J connectivity index is 1.77. The maximum atomic E-state index is 13.2. The fraction of sp³-hybridized carbons (Fsp3) is 0.100. The molecule has 0 aliphatic carbocycles. The molecule has 0 saturated carbocycles. The van der Waals surface area contributed by atoms with E-state index in [4.69, 9.17) is 5.73 Å². The van der Waals surface area contributed by atoms with E-state index in [-0.39, 0.29) is 11.6 Å². The van der Waals surface area contributed by atoms with Crippen LogP contribution in [0.25, 0.3) is 28.0 Å². The van der Waals surface area contributed by atoms with Crippen molar-refractivity contribution in [2.24, 2.45) is 0 Å². The number of alkyl halides is 3. The Labute approximate surface area is 182 Å². The number of nitrogen functional groups attached to an aromatic ring is 1. The number of hydrogen-bond acceptors (Lipinski definition) is 8. The van der Waals surface area contributed by atoms with Gasteiger partial charge in [-0.3, -0.25) is 0 Å². The molecule has 5 aromatic rings. The lowest BCUT2D eigenvalue weighted by Gasteiger charge is -2.11. The first kappa shape index (κ1) is 20.4. The highest BCUT2D eigenvalue weighted by Crippen LogP contribution is 2.34. The van der Waals surface area contributed by atoms with Gasteiger partial charge in [-0.05, 0) is 6.07 Å². The Hall–Kier alpha value is -4.55. The zero-order valence-electron chi connectivity index (χ0n) is 16.6. The molecule has 0 radical (unpaired) electrons. The van der Waals surface area contributed by atoms with Crippen molar-refractivity contribution in [2.75, 3.05) is 5.73 Å². The van der Waals surface area contributed by atoms with Gasteiger partial charge in [0.25, 0.3) is 0 Å². The third-order valence-electron chi connectivity index (χ3n) is 4.87. The lowest BCUT2D eigenvalue weighted by Crippen LogP contribution is -2.24. The summed E-state index contributed by atoms with van der Waals surface area (Å²) in [6, 6.07) is 10.7. The average molecular weight is 454 g/mol. The van der Waals surface area contributed by atoms with Crippen LogP contribution in [0.1, 0.15) is 11.5 Å². The molecule has 0 unspecified atom stereocenters. The predicted molar refractivity (Wildman–Crippen MR) is 109 cm³/mol. The van der Waals surface area contributed by atoms with Gasteiger partial charge in [0.2, 0.25) is 11.7 Å². The average Bonchev–Trinajstić information content (AvgIpc) is 3.40. The van der Waals surface area contributed by atoms with Crippen LogP contribution in [0.3, 0.4) is 0 Å². The third kappa shape index (κ3) is 3.48. The molecule has 0 fully saturated rings. The summed E-state index contributed by atoms with van der Waals surface area (Å²) in [4.78, 5) is 21.0. The highest BCUT2D eigenvalue weighted by molar-refractivity contribution is 5.90. The van der Waals surface area contributed by atoms with Crippen LogP contribution in [0.15, 0.2) is 64.4 Å². The molecule has 1 aromatic carbocycles. The van der Waals surface area contributed by atoms with Gasteiger partial charge >= 0.3 is 11.9 Å². The summed E-state index contributed by atoms with van der Waals surface area (Å²) in [5.41, 5.74) is 6.97. The first-order valence-corrected chi connectivity index (χ1v) is 9.45. The molecule has 0 bridgehead atoms. The second-order valence-corrected chi connectivity index (χ2v) is 6.92. The molecule has 4 aromatic heterocycles. The molecule has 10 nitrogen and oxygen atoms in total. The second-order valence-electron chi connectivity index (χ2n) is 6.92. The van der Waals surface area contributed by atoms with E-state index < -0.39 is 29.9 Å². The lowest BCUT2D eigenvalue weighted by molar-refractivity contribution is -0.153. The number of fused-ring (bicyclic) bond motifs is 1. The molecule has 166 valence electrons. The maximum absolute atomic E-state index is 13.2. The monoisotopic (exact) mass is 454 g/mol. The number of anilines is 1. The second kappa shape index (κ2) is 7.55. The van der Waals surface area contributed by atoms with Crippen LogP contribution in [0.5, 0.6) is 0 Å². The number of halogens is 3. The number of oxazole rings is 1. The lowest BCUT2D eigenvalue weighted by atomic mass is 10.0. The summed E-state index contributed by atoms with van der Waals surface area (Å²) in [6.45, 7) is -0.583. The van der Waals surface area contributed by atoms with Crippen molar-refractivity contribution < 1.29 is 17.6 Å². The molecular weight excluding hydrogens is 441 g/mol. The Morgan fingerprint density at radius 1 is 1.06 bits per heavy atom. The third-order valence-corrected chi connectivity index (χ3v) is 4.87. The zero-order chi connectivity index (χ0) is 23.2. The molecule has 0 aliphatic rings. The van der Waals surface area contributed by atoms with Crippen LogP contribution in [0.2, 0.25) is 0 Å². The number of nitrogens with two attached hydrogens (primary N) is 1. The SMILES string of the molecule is Nc1nc(-c2ccccc2)c(-c2ccnnc2)c2nn(Cc3ncoc3C(F)(F)F)c(=O)n12. The van der Waals surface area contributed by atoms with Crippen molar-refractivity contribution in [1.82, 2.24) is 34.3 Å². The van der Waals surface area contributed by atoms with E-state index in [1.54, 1.807) is 30.3 Å². The minimum absolute atomic E-state index is 0.0939. The van der Waals surface area contributed by atoms with Gasteiger partial charge in [0.05, 0.1) is 30.2 Å². The quantitative estimate of drug-likeness (QED) is 0.439. The van der Waals surface area contributed by atoms with Gasteiger partial charge < -0.3 is 10.2 Å². The van der Waals surface area contributed by atoms with E-state index in [1.807, 2.05) is 6.07 Å². The summed E-state index contributed by atoms with van der Waals surface area (Å²) in [6.07, 6.45) is -1.19. The van der Waals surface area contributed by atoms with Crippen LogP contribution in [0.4, 0.5) is 19.1 Å². The van der Waals surface area contributed by atoms with Crippen molar-refractivity contribution in [3.05, 3.63) is 77.1 Å². The Morgan fingerprint density at radius 3 is 2.55 bits per heavy atom. The summed E-state index contributed by atoms with van der Waals surface area (Å²) >= 11 is 0. The molecule has 0 saturated heterocycles. The van der Waals surface area contributed by atoms with Crippen molar-refractivity contribution in [3.8, 4) is 22.4 Å². The molecule has 2 N–H and O–H groups in total. The summed E-state index contributed by atoms with van der Waals surface area (Å²) in [5.74, 6) is -1.48.